The molecule has 3 atom stereocenters. The molecule has 0 radical (unpaired) electrons. The summed E-state index contributed by atoms with van der Waals surface area (Å²) >= 11 is 0. The molecular weight excluding hydrogens is 306 g/mol. The van der Waals surface area contributed by atoms with Crippen molar-refractivity contribution in [1.29, 1.82) is 0 Å². The number of ether oxygens (including phenoxy) is 2. The smallest absolute Gasteiger partial charge is 0.257 e. The molecular formula is C18H25N3O3. The Labute approximate surface area is 142 Å². The minimum atomic E-state index is -0.223. The standard InChI is InChI=1S/C18H25N3O3/c1-23-14-5-6-18(24-2)7-8-21(15(18)9-14)17(22)13-10-19-16(20-11-13)12-3-4-12/h10-12,14-15H,3-9H2,1-2H3/t14-,15-,18+/m0/s1. The number of amides is 1. The normalized spacial score (nSPS) is 32.7. The summed E-state index contributed by atoms with van der Waals surface area (Å²) in [5.41, 5.74) is 0.352. The maximum absolute atomic E-state index is 13.0. The van der Waals surface area contributed by atoms with E-state index in [0.29, 0.717) is 11.5 Å². The molecule has 3 fully saturated rings. The maximum atomic E-state index is 13.0. The summed E-state index contributed by atoms with van der Waals surface area (Å²) in [6.45, 7) is 0.720. The van der Waals surface area contributed by atoms with Gasteiger partial charge >= 0.3 is 0 Å². The van der Waals surface area contributed by atoms with Crippen LogP contribution in [0.15, 0.2) is 12.4 Å². The molecule has 1 aromatic rings. The fourth-order valence-electron chi connectivity index (χ4n) is 4.29. The second-order valence-electron chi connectivity index (χ2n) is 7.27. The molecule has 130 valence electrons. The van der Waals surface area contributed by atoms with E-state index in [9.17, 15) is 4.79 Å². The van der Waals surface area contributed by atoms with Gasteiger partial charge < -0.3 is 14.4 Å². The Kier molecular flexibility index (Phi) is 4.04. The second-order valence-corrected chi connectivity index (χ2v) is 7.27. The number of methoxy groups -OCH3 is 2. The zero-order chi connectivity index (χ0) is 16.7. The number of hydrogen-bond donors (Lipinski definition) is 0. The average Bonchev–Trinajstić information content (AvgIpc) is 3.41. The van der Waals surface area contributed by atoms with Gasteiger partial charge in [0.25, 0.3) is 5.91 Å². The highest BCUT2D eigenvalue weighted by Crippen LogP contribution is 2.43. The summed E-state index contributed by atoms with van der Waals surface area (Å²) in [6, 6.07) is 0.0665. The van der Waals surface area contributed by atoms with Crippen LogP contribution in [-0.4, -0.2) is 59.3 Å². The number of likely N-dealkylation sites (tertiary alicyclic amines) is 1. The van der Waals surface area contributed by atoms with Crippen LogP contribution in [-0.2, 0) is 9.47 Å². The number of carbonyl (C=O) groups is 1. The van der Waals surface area contributed by atoms with Crippen LogP contribution in [0.4, 0.5) is 0 Å². The van der Waals surface area contributed by atoms with E-state index in [-0.39, 0.29) is 23.7 Å². The first-order valence-electron chi connectivity index (χ1n) is 8.88. The summed E-state index contributed by atoms with van der Waals surface area (Å²) in [4.78, 5) is 23.7. The number of aromatic nitrogens is 2. The zero-order valence-electron chi connectivity index (χ0n) is 14.4. The van der Waals surface area contributed by atoms with Crippen molar-refractivity contribution in [3.05, 3.63) is 23.8 Å². The lowest BCUT2D eigenvalue weighted by Crippen LogP contribution is -2.53. The Morgan fingerprint density at radius 1 is 1.21 bits per heavy atom. The fraction of sp³-hybridized carbons (Fsp3) is 0.722. The Hall–Kier alpha value is -1.53. The highest BCUT2D eigenvalue weighted by atomic mass is 16.5. The van der Waals surface area contributed by atoms with Crippen molar-refractivity contribution in [1.82, 2.24) is 14.9 Å². The molecule has 3 aliphatic rings. The van der Waals surface area contributed by atoms with Gasteiger partial charge in [-0.15, -0.1) is 0 Å². The van der Waals surface area contributed by atoms with E-state index < -0.39 is 0 Å². The molecule has 0 bridgehead atoms. The van der Waals surface area contributed by atoms with Gasteiger partial charge in [-0.25, -0.2) is 9.97 Å². The molecule has 1 amide bonds. The number of rotatable bonds is 4. The van der Waals surface area contributed by atoms with Gasteiger partial charge in [0.15, 0.2) is 0 Å². The predicted molar refractivity (Wildman–Crippen MR) is 87.8 cm³/mol. The highest BCUT2D eigenvalue weighted by Gasteiger charge is 2.52. The SMILES string of the molecule is CO[C@H]1CC[C@@]2(OC)CCN(C(=O)c3cnc(C4CC4)nc3)[C@H]2C1. The van der Waals surface area contributed by atoms with E-state index in [0.717, 1.165) is 50.9 Å². The largest absolute Gasteiger partial charge is 0.381 e. The van der Waals surface area contributed by atoms with Gasteiger partial charge in [0, 0.05) is 39.1 Å². The molecule has 6 heteroatoms. The fourth-order valence-corrected chi connectivity index (χ4v) is 4.29. The van der Waals surface area contributed by atoms with Crippen LogP contribution in [0.3, 0.4) is 0 Å². The lowest BCUT2D eigenvalue weighted by molar-refractivity contribution is -0.0893. The van der Waals surface area contributed by atoms with Crippen LogP contribution in [0.2, 0.25) is 0 Å². The minimum absolute atomic E-state index is 0.0121. The summed E-state index contributed by atoms with van der Waals surface area (Å²) in [5, 5.41) is 0. The van der Waals surface area contributed by atoms with Crippen molar-refractivity contribution in [3.8, 4) is 0 Å². The van der Waals surface area contributed by atoms with Gasteiger partial charge in [-0.1, -0.05) is 0 Å². The van der Waals surface area contributed by atoms with Crippen LogP contribution in [0.5, 0.6) is 0 Å². The van der Waals surface area contributed by atoms with Gasteiger partial charge in [0.05, 0.1) is 23.3 Å². The molecule has 0 N–H and O–H groups in total. The molecule has 2 aliphatic carbocycles. The van der Waals surface area contributed by atoms with E-state index in [4.69, 9.17) is 9.47 Å². The first-order valence-corrected chi connectivity index (χ1v) is 8.88. The van der Waals surface area contributed by atoms with E-state index in [1.54, 1.807) is 26.6 Å². The van der Waals surface area contributed by atoms with Crippen LogP contribution >= 0.6 is 0 Å². The number of carbonyl (C=O) groups excluding carboxylic acids is 1. The lowest BCUT2D eigenvalue weighted by Gasteiger charge is -2.43. The average molecular weight is 331 g/mol. The monoisotopic (exact) mass is 331 g/mol. The zero-order valence-corrected chi connectivity index (χ0v) is 14.4. The van der Waals surface area contributed by atoms with Crippen molar-refractivity contribution in [3.63, 3.8) is 0 Å². The van der Waals surface area contributed by atoms with Crippen molar-refractivity contribution in [2.45, 2.75) is 62.2 Å². The van der Waals surface area contributed by atoms with Crippen LogP contribution in [0.25, 0.3) is 0 Å². The van der Waals surface area contributed by atoms with Gasteiger partial charge in [0.2, 0.25) is 0 Å². The van der Waals surface area contributed by atoms with Crippen LogP contribution < -0.4 is 0 Å². The number of fused-ring (bicyclic) bond motifs is 1. The molecule has 1 aliphatic heterocycles. The van der Waals surface area contributed by atoms with Gasteiger partial charge in [-0.3, -0.25) is 4.79 Å². The number of nitrogens with zero attached hydrogens (tertiary/aromatic N) is 3. The molecule has 4 rings (SSSR count). The van der Waals surface area contributed by atoms with Crippen molar-refractivity contribution < 1.29 is 14.3 Å². The molecule has 1 saturated heterocycles. The first-order chi connectivity index (χ1) is 11.7. The third-order valence-electron chi connectivity index (χ3n) is 6.00. The number of hydrogen-bond acceptors (Lipinski definition) is 5. The highest BCUT2D eigenvalue weighted by molar-refractivity contribution is 5.94. The van der Waals surface area contributed by atoms with E-state index in [2.05, 4.69) is 9.97 Å². The van der Waals surface area contributed by atoms with Crippen molar-refractivity contribution in [2.24, 2.45) is 0 Å². The van der Waals surface area contributed by atoms with Gasteiger partial charge in [-0.2, -0.15) is 0 Å². The third-order valence-corrected chi connectivity index (χ3v) is 6.00. The Bertz CT molecular complexity index is 616. The van der Waals surface area contributed by atoms with E-state index in [1.807, 2.05) is 4.90 Å². The Morgan fingerprint density at radius 3 is 2.58 bits per heavy atom. The van der Waals surface area contributed by atoms with Crippen LogP contribution in [0.1, 0.15) is 60.6 Å². The van der Waals surface area contributed by atoms with Gasteiger partial charge in [0.1, 0.15) is 5.82 Å². The second kappa shape index (κ2) is 6.08. The quantitative estimate of drug-likeness (QED) is 0.846. The summed E-state index contributed by atoms with van der Waals surface area (Å²) in [5.74, 6) is 1.39. The predicted octanol–water partition coefficient (Wildman–Crippen LogP) is 2.15. The molecule has 1 aromatic heterocycles. The molecule has 2 saturated carbocycles. The van der Waals surface area contributed by atoms with E-state index in [1.165, 1.54) is 0 Å². The van der Waals surface area contributed by atoms with Crippen molar-refractivity contribution in [2.75, 3.05) is 20.8 Å². The molecule has 6 nitrogen and oxygen atoms in total. The summed E-state index contributed by atoms with van der Waals surface area (Å²) in [6.07, 6.45) is 9.54. The maximum Gasteiger partial charge on any atom is 0.257 e. The molecule has 0 aromatic carbocycles. The van der Waals surface area contributed by atoms with Gasteiger partial charge in [-0.05, 0) is 38.5 Å². The Morgan fingerprint density at radius 2 is 1.96 bits per heavy atom. The molecule has 2 heterocycles. The summed E-state index contributed by atoms with van der Waals surface area (Å²) < 4.78 is 11.4. The van der Waals surface area contributed by atoms with Crippen molar-refractivity contribution >= 4 is 5.91 Å². The molecule has 0 spiro atoms. The van der Waals surface area contributed by atoms with Crippen LogP contribution in [0, 0.1) is 0 Å². The topological polar surface area (TPSA) is 64.6 Å². The Balaban J connectivity index is 1.54. The van der Waals surface area contributed by atoms with E-state index >= 15 is 0 Å². The first kappa shape index (κ1) is 16.0. The lowest BCUT2D eigenvalue weighted by atomic mass is 9.79. The minimum Gasteiger partial charge on any atom is -0.381 e. The molecule has 24 heavy (non-hydrogen) atoms. The summed E-state index contributed by atoms with van der Waals surface area (Å²) in [7, 11) is 3.51. The molecule has 0 unspecified atom stereocenters. The third kappa shape index (κ3) is 2.62.